The molecule has 20 heavy (non-hydrogen) atoms. The second kappa shape index (κ2) is 7.50. The second-order valence-corrected chi connectivity index (χ2v) is 5.33. The molecule has 1 atom stereocenters. The van der Waals surface area contributed by atoms with Gasteiger partial charge in [0.15, 0.2) is 0 Å². The van der Waals surface area contributed by atoms with Gasteiger partial charge in [-0.3, -0.25) is 0 Å². The normalized spacial score (nSPS) is 18.8. The van der Waals surface area contributed by atoms with Crippen molar-refractivity contribution in [3.8, 4) is 11.5 Å². The predicted octanol–water partition coefficient (Wildman–Crippen LogP) is 2.17. The van der Waals surface area contributed by atoms with Crippen LogP contribution in [0.1, 0.15) is 19.8 Å². The number of aliphatic hydroxyl groups is 1. The molecule has 0 aliphatic carbocycles. The lowest BCUT2D eigenvalue weighted by Gasteiger charge is -2.33. The van der Waals surface area contributed by atoms with Crippen molar-refractivity contribution in [2.75, 3.05) is 33.4 Å². The standard InChI is InChI=1S/C16H25NO3/c1-3-17-9-7-13(8-10-17)16(18)12-20-15-6-4-5-14(11-15)19-2/h4-6,11,13,16,18H,3,7-10,12H2,1-2H3. The maximum Gasteiger partial charge on any atom is 0.123 e. The Bertz CT molecular complexity index is 402. The van der Waals surface area contributed by atoms with Crippen LogP contribution in [-0.4, -0.2) is 49.5 Å². The van der Waals surface area contributed by atoms with E-state index < -0.39 is 0 Å². The average molecular weight is 279 g/mol. The Kier molecular flexibility index (Phi) is 5.68. The topological polar surface area (TPSA) is 41.9 Å². The molecule has 1 saturated heterocycles. The summed E-state index contributed by atoms with van der Waals surface area (Å²) in [4.78, 5) is 2.42. The van der Waals surface area contributed by atoms with Gasteiger partial charge in [-0.2, -0.15) is 0 Å². The van der Waals surface area contributed by atoms with E-state index in [1.165, 1.54) is 0 Å². The van der Waals surface area contributed by atoms with E-state index in [9.17, 15) is 5.11 Å². The van der Waals surface area contributed by atoms with Crippen LogP contribution in [0.4, 0.5) is 0 Å². The molecule has 1 aliphatic rings. The van der Waals surface area contributed by atoms with E-state index in [2.05, 4.69) is 11.8 Å². The number of piperidine rings is 1. The Labute approximate surface area is 121 Å². The molecule has 0 radical (unpaired) electrons. The maximum absolute atomic E-state index is 10.2. The monoisotopic (exact) mass is 279 g/mol. The first-order valence-corrected chi connectivity index (χ1v) is 7.40. The van der Waals surface area contributed by atoms with Crippen molar-refractivity contribution in [1.29, 1.82) is 0 Å². The van der Waals surface area contributed by atoms with Crippen LogP contribution < -0.4 is 9.47 Å². The second-order valence-electron chi connectivity index (χ2n) is 5.33. The quantitative estimate of drug-likeness (QED) is 0.866. The van der Waals surface area contributed by atoms with Crippen molar-refractivity contribution in [2.45, 2.75) is 25.9 Å². The molecule has 0 bridgehead atoms. The number of likely N-dealkylation sites (tertiary alicyclic amines) is 1. The van der Waals surface area contributed by atoms with Crippen LogP contribution in [0.2, 0.25) is 0 Å². The smallest absolute Gasteiger partial charge is 0.123 e. The molecular weight excluding hydrogens is 254 g/mol. The molecule has 4 heteroatoms. The average Bonchev–Trinajstić information content (AvgIpc) is 2.53. The third-order valence-corrected chi connectivity index (χ3v) is 4.09. The number of methoxy groups -OCH3 is 1. The fourth-order valence-corrected chi connectivity index (χ4v) is 2.66. The fraction of sp³-hybridized carbons (Fsp3) is 0.625. The molecular formula is C16H25NO3. The lowest BCUT2D eigenvalue weighted by Crippen LogP contribution is -2.39. The Morgan fingerprint density at radius 2 is 2.00 bits per heavy atom. The summed E-state index contributed by atoms with van der Waals surface area (Å²) >= 11 is 0. The highest BCUT2D eigenvalue weighted by Crippen LogP contribution is 2.23. The maximum atomic E-state index is 10.2. The van der Waals surface area contributed by atoms with Gasteiger partial charge in [0.1, 0.15) is 18.1 Å². The minimum Gasteiger partial charge on any atom is -0.497 e. The third kappa shape index (κ3) is 4.12. The molecule has 112 valence electrons. The molecule has 1 heterocycles. The number of hydrogen-bond acceptors (Lipinski definition) is 4. The molecule has 1 aromatic rings. The predicted molar refractivity (Wildman–Crippen MR) is 79.3 cm³/mol. The van der Waals surface area contributed by atoms with Crippen LogP contribution in [0.5, 0.6) is 11.5 Å². The van der Waals surface area contributed by atoms with Gasteiger partial charge in [0, 0.05) is 6.07 Å². The molecule has 1 N–H and O–H groups in total. The van der Waals surface area contributed by atoms with Crippen molar-refractivity contribution in [2.24, 2.45) is 5.92 Å². The number of rotatable bonds is 6. The minimum absolute atomic E-state index is 0.350. The van der Waals surface area contributed by atoms with Gasteiger partial charge in [-0.25, -0.2) is 0 Å². The summed E-state index contributed by atoms with van der Waals surface area (Å²) in [6.45, 7) is 5.80. The van der Waals surface area contributed by atoms with Gasteiger partial charge in [-0.1, -0.05) is 13.0 Å². The number of ether oxygens (including phenoxy) is 2. The Morgan fingerprint density at radius 3 is 2.65 bits per heavy atom. The van der Waals surface area contributed by atoms with E-state index in [1.54, 1.807) is 7.11 Å². The number of benzene rings is 1. The van der Waals surface area contributed by atoms with Gasteiger partial charge in [0.25, 0.3) is 0 Å². The van der Waals surface area contributed by atoms with E-state index in [-0.39, 0.29) is 6.10 Å². The van der Waals surface area contributed by atoms with Crippen molar-refractivity contribution >= 4 is 0 Å². The summed E-state index contributed by atoms with van der Waals surface area (Å²) in [5.74, 6) is 1.87. The van der Waals surface area contributed by atoms with Gasteiger partial charge in [-0.15, -0.1) is 0 Å². The van der Waals surface area contributed by atoms with Crippen LogP contribution in [-0.2, 0) is 0 Å². The zero-order chi connectivity index (χ0) is 14.4. The number of aliphatic hydroxyl groups excluding tert-OH is 1. The molecule has 1 aromatic carbocycles. The summed E-state index contributed by atoms with van der Waals surface area (Å²) in [6.07, 6.45) is 1.72. The SMILES string of the molecule is CCN1CCC(C(O)COc2cccc(OC)c2)CC1. The van der Waals surface area contributed by atoms with Crippen molar-refractivity contribution in [1.82, 2.24) is 4.90 Å². The van der Waals surface area contributed by atoms with Crippen molar-refractivity contribution < 1.29 is 14.6 Å². The Balaban J connectivity index is 1.78. The highest BCUT2D eigenvalue weighted by molar-refractivity contribution is 5.32. The summed E-state index contributed by atoms with van der Waals surface area (Å²) < 4.78 is 10.8. The van der Waals surface area contributed by atoms with Crippen LogP contribution in [0.3, 0.4) is 0 Å². The Hall–Kier alpha value is -1.26. The summed E-state index contributed by atoms with van der Waals surface area (Å²) in [6, 6.07) is 7.49. The van der Waals surface area contributed by atoms with E-state index in [0.29, 0.717) is 12.5 Å². The van der Waals surface area contributed by atoms with E-state index >= 15 is 0 Å². The molecule has 1 aliphatic heterocycles. The third-order valence-electron chi connectivity index (χ3n) is 4.09. The van der Waals surface area contributed by atoms with Crippen LogP contribution >= 0.6 is 0 Å². The molecule has 1 unspecified atom stereocenters. The van der Waals surface area contributed by atoms with Gasteiger partial charge in [0.05, 0.1) is 13.2 Å². The zero-order valence-corrected chi connectivity index (χ0v) is 12.4. The van der Waals surface area contributed by atoms with E-state index in [0.717, 1.165) is 44.0 Å². The number of hydrogen-bond donors (Lipinski definition) is 1. The minimum atomic E-state index is -0.389. The highest BCUT2D eigenvalue weighted by Gasteiger charge is 2.24. The fourth-order valence-electron chi connectivity index (χ4n) is 2.66. The van der Waals surface area contributed by atoms with Crippen molar-refractivity contribution in [3.05, 3.63) is 24.3 Å². The lowest BCUT2D eigenvalue weighted by atomic mass is 9.91. The lowest BCUT2D eigenvalue weighted by molar-refractivity contribution is 0.0266. The Morgan fingerprint density at radius 1 is 1.30 bits per heavy atom. The summed E-state index contributed by atoms with van der Waals surface area (Å²) in [7, 11) is 1.63. The van der Waals surface area contributed by atoms with Crippen LogP contribution in [0, 0.1) is 5.92 Å². The van der Waals surface area contributed by atoms with E-state index in [4.69, 9.17) is 9.47 Å². The number of nitrogens with zero attached hydrogens (tertiary/aromatic N) is 1. The molecule has 0 aromatic heterocycles. The van der Waals surface area contributed by atoms with Gasteiger partial charge >= 0.3 is 0 Å². The molecule has 2 rings (SSSR count). The van der Waals surface area contributed by atoms with E-state index in [1.807, 2.05) is 24.3 Å². The first-order valence-electron chi connectivity index (χ1n) is 7.40. The van der Waals surface area contributed by atoms with Crippen molar-refractivity contribution in [3.63, 3.8) is 0 Å². The molecule has 0 spiro atoms. The first kappa shape index (κ1) is 15.1. The summed E-state index contributed by atoms with van der Waals surface area (Å²) in [5.41, 5.74) is 0. The summed E-state index contributed by atoms with van der Waals surface area (Å²) in [5, 5.41) is 10.2. The molecule has 4 nitrogen and oxygen atoms in total. The van der Waals surface area contributed by atoms with Crippen LogP contribution in [0.25, 0.3) is 0 Å². The largest absolute Gasteiger partial charge is 0.497 e. The van der Waals surface area contributed by atoms with Crippen LogP contribution in [0.15, 0.2) is 24.3 Å². The van der Waals surface area contributed by atoms with Gasteiger partial charge < -0.3 is 19.5 Å². The van der Waals surface area contributed by atoms with Gasteiger partial charge in [0.2, 0.25) is 0 Å². The molecule has 0 saturated carbocycles. The first-order chi connectivity index (χ1) is 9.72. The highest BCUT2D eigenvalue weighted by atomic mass is 16.5. The molecule has 1 fully saturated rings. The van der Waals surface area contributed by atoms with Gasteiger partial charge in [-0.05, 0) is 50.5 Å². The zero-order valence-electron chi connectivity index (χ0n) is 12.4. The molecule has 0 amide bonds.